The van der Waals surface area contributed by atoms with Crippen molar-refractivity contribution in [1.29, 1.82) is 0 Å². The smallest absolute Gasteiger partial charge is 0.256 e. The van der Waals surface area contributed by atoms with E-state index in [2.05, 4.69) is 11.4 Å². The first kappa shape index (κ1) is 13.7. The highest BCUT2D eigenvalue weighted by Crippen LogP contribution is 2.23. The molecule has 0 atom stereocenters. The van der Waals surface area contributed by atoms with Crippen molar-refractivity contribution in [2.24, 2.45) is 0 Å². The van der Waals surface area contributed by atoms with E-state index < -0.39 is 0 Å². The number of carbonyl (C=O) groups excluding carboxylic acids is 1. The number of fused-ring (bicyclic) bond motifs is 1. The van der Waals surface area contributed by atoms with E-state index in [0.717, 1.165) is 16.0 Å². The molecular weight excluding hydrogens is 278 g/mol. The second-order valence-corrected chi connectivity index (χ2v) is 5.56. The van der Waals surface area contributed by atoms with Gasteiger partial charge in [0.1, 0.15) is 0 Å². The summed E-state index contributed by atoms with van der Waals surface area (Å²) in [7, 11) is 0. The minimum absolute atomic E-state index is 0.0739. The molecule has 0 saturated carbocycles. The Kier molecular flexibility index (Phi) is 3.93. The van der Waals surface area contributed by atoms with E-state index >= 15 is 0 Å². The molecule has 21 heavy (non-hydrogen) atoms. The second-order valence-electron chi connectivity index (χ2n) is 4.72. The van der Waals surface area contributed by atoms with E-state index in [1.165, 1.54) is 5.39 Å². The Morgan fingerprint density at radius 2 is 1.62 bits per heavy atom. The molecule has 0 aliphatic rings. The zero-order valence-corrected chi connectivity index (χ0v) is 12.5. The predicted molar refractivity (Wildman–Crippen MR) is 90.1 cm³/mol. The van der Waals surface area contributed by atoms with Gasteiger partial charge in [0, 0.05) is 10.6 Å². The van der Waals surface area contributed by atoms with Crippen molar-refractivity contribution in [1.82, 2.24) is 0 Å². The first-order chi connectivity index (χ1) is 10.3. The Hall–Kier alpha value is -2.26. The van der Waals surface area contributed by atoms with Gasteiger partial charge in [0.25, 0.3) is 5.91 Å². The minimum atomic E-state index is -0.0739. The fourth-order valence-electron chi connectivity index (χ4n) is 2.30. The lowest BCUT2D eigenvalue weighted by Gasteiger charge is -2.09. The van der Waals surface area contributed by atoms with Crippen LogP contribution in [-0.2, 0) is 0 Å². The second kappa shape index (κ2) is 6.02. The highest BCUT2D eigenvalue weighted by molar-refractivity contribution is 7.98. The van der Waals surface area contributed by atoms with Gasteiger partial charge >= 0.3 is 0 Å². The van der Waals surface area contributed by atoms with E-state index in [-0.39, 0.29) is 5.91 Å². The molecule has 0 fully saturated rings. The van der Waals surface area contributed by atoms with Crippen molar-refractivity contribution in [2.45, 2.75) is 4.90 Å². The summed E-state index contributed by atoms with van der Waals surface area (Å²) in [5.74, 6) is -0.0739. The van der Waals surface area contributed by atoms with Gasteiger partial charge in [0.05, 0.1) is 5.56 Å². The van der Waals surface area contributed by atoms with Gasteiger partial charge in [-0.05, 0) is 41.3 Å². The van der Waals surface area contributed by atoms with Gasteiger partial charge in [0.2, 0.25) is 0 Å². The Balaban J connectivity index is 1.89. The molecule has 3 aromatic carbocycles. The average molecular weight is 293 g/mol. The van der Waals surface area contributed by atoms with E-state index in [4.69, 9.17) is 0 Å². The summed E-state index contributed by atoms with van der Waals surface area (Å²) in [5.41, 5.74) is 1.52. The number of thioether (sulfide) groups is 1. The van der Waals surface area contributed by atoms with Crippen LogP contribution >= 0.6 is 11.8 Å². The quantitative estimate of drug-likeness (QED) is 0.702. The zero-order chi connectivity index (χ0) is 14.7. The van der Waals surface area contributed by atoms with Crippen LogP contribution < -0.4 is 5.32 Å². The topological polar surface area (TPSA) is 29.1 Å². The normalized spacial score (nSPS) is 10.5. The Morgan fingerprint density at radius 3 is 2.43 bits per heavy atom. The summed E-state index contributed by atoms with van der Waals surface area (Å²) in [6.07, 6.45) is 1.97. The SMILES string of the molecule is CSc1ccccc1C(=O)Nc1ccc2ccccc2c1. The molecule has 0 bridgehead atoms. The van der Waals surface area contributed by atoms with Gasteiger partial charge in [-0.2, -0.15) is 0 Å². The highest BCUT2D eigenvalue weighted by Gasteiger charge is 2.10. The maximum Gasteiger partial charge on any atom is 0.256 e. The van der Waals surface area contributed by atoms with E-state index in [9.17, 15) is 4.79 Å². The number of amides is 1. The molecule has 0 aromatic heterocycles. The first-order valence-electron chi connectivity index (χ1n) is 6.71. The molecule has 0 unspecified atom stereocenters. The third-order valence-corrected chi connectivity index (χ3v) is 4.15. The summed E-state index contributed by atoms with van der Waals surface area (Å²) in [6.45, 7) is 0. The van der Waals surface area contributed by atoms with Gasteiger partial charge in [-0.25, -0.2) is 0 Å². The number of benzene rings is 3. The van der Waals surface area contributed by atoms with Crippen LogP contribution in [0.2, 0.25) is 0 Å². The van der Waals surface area contributed by atoms with Crippen molar-refractivity contribution in [3.63, 3.8) is 0 Å². The van der Waals surface area contributed by atoms with Crippen molar-refractivity contribution >= 4 is 34.1 Å². The number of nitrogens with one attached hydrogen (secondary N) is 1. The van der Waals surface area contributed by atoms with Gasteiger partial charge in [-0.3, -0.25) is 4.79 Å². The summed E-state index contributed by atoms with van der Waals surface area (Å²) in [4.78, 5) is 13.4. The lowest BCUT2D eigenvalue weighted by molar-refractivity contribution is 0.102. The summed E-state index contributed by atoms with van der Waals surface area (Å²) in [5, 5.41) is 5.26. The van der Waals surface area contributed by atoms with Crippen molar-refractivity contribution in [2.75, 3.05) is 11.6 Å². The number of rotatable bonds is 3. The number of anilines is 1. The molecule has 2 nitrogen and oxygen atoms in total. The molecule has 0 radical (unpaired) electrons. The van der Waals surface area contributed by atoms with E-state index in [0.29, 0.717) is 5.56 Å². The molecule has 3 heteroatoms. The monoisotopic (exact) mass is 293 g/mol. The van der Waals surface area contributed by atoms with Crippen molar-refractivity contribution in [3.05, 3.63) is 72.3 Å². The Morgan fingerprint density at radius 1 is 0.905 bits per heavy atom. The predicted octanol–water partition coefficient (Wildman–Crippen LogP) is 4.81. The third kappa shape index (κ3) is 2.93. The fourth-order valence-corrected chi connectivity index (χ4v) is 2.89. The first-order valence-corrected chi connectivity index (χ1v) is 7.93. The summed E-state index contributed by atoms with van der Waals surface area (Å²) in [6, 6.07) is 21.7. The van der Waals surface area contributed by atoms with Crippen molar-refractivity contribution in [3.8, 4) is 0 Å². The molecule has 3 rings (SSSR count). The average Bonchev–Trinajstić information content (AvgIpc) is 2.54. The lowest BCUT2D eigenvalue weighted by Crippen LogP contribution is -2.12. The highest BCUT2D eigenvalue weighted by atomic mass is 32.2. The molecule has 1 amide bonds. The Bertz CT molecular complexity index is 798. The zero-order valence-electron chi connectivity index (χ0n) is 11.7. The van der Waals surface area contributed by atoms with Gasteiger partial charge < -0.3 is 5.32 Å². The van der Waals surface area contributed by atoms with Gasteiger partial charge in [-0.15, -0.1) is 11.8 Å². The largest absolute Gasteiger partial charge is 0.322 e. The molecule has 0 aliphatic carbocycles. The molecule has 0 spiro atoms. The van der Waals surface area contributed by atoms with Gasteiger partial charge in [-0.1, -0.05) is 42.5 Å². The number of hydrogen-bond acceptors (Lipinski definition) is 2. The van der Waals surface area contributed by atoms with Crippen LogP contribution in [0.1, 0.15) is 10.4 Å². The maximum absolute atomic E-state index is 12.4. The molecule has 0 heterocycles. The summed E-state index contributed by atoms with van der Waals surface area (Å²) >= 11 is 1.58. The van der Waals surface area contributed by atoms with E-state index in [1.54, 1.807) is 11.8 Å². The maximum atomic E-state index is 12.4. The van der Waals surface area contributed by atoms with Crippen LogP contribution in [0.15, 0.2) is 71.6 Å². The molecule has 3 aromatic rings. The molecular formula is C18H15NOS. The summed E-state index contributed by atoms with van der Waals surface area (Å²) < 4.78 is 0. The van der Waals surface area contributed by atoms with Crippen LogP contribution in [-0.4, -0.2) is 12.2 Å². The molecule has 0 saturated heterocycles. The minimum Gasteiger partial charge on any atom is -0.322 e. The van der Waals surface area contributed by atoms with Crippen LogP contribution in [0, 0.1) is 0 Å². The van der Waals surface area contributed by atoms with Crippen LogP contribution in [0.25, 0.3) is 10.8 Å². The lowest BCUT2D eigenvalue weighted by atomic mass is 10.1. The molecule has 104 valence electrons. The van der Waals surface area contributed by atoms with E-state index in [1.807, 2.05) is 66.9 Å². The standard InChI is InChI=1S/C18H15NOS/c1-21-17-9-5-4-8-16(17)18(20)19-15-11-10-13-6-2-3-7-14(13)12-15/h2-12H,1H3,(H,19,20). The van der Waals surface area contributed by atoms with Crippen molar-refractivity contribution < 1.29 is 4.79 Å². The van der Waals surface area contributed by atoms with Crippen LogP contribution in [0.5, 0.6) is 0 Å². The number of carbonyl (C=O) groups is 1. The van der Waals surface area contributed by atoms with Crippen LogP contribution in [0.3, 0.4) is 0 Å². The Labute approximate surface area is 128 Å². The number of hydrogen-bond donors (Lipinski definition) is 1. The third-order valence-electron chi connectivity index (χ3n) is 3.36. The van der Waals surface area contributed by atoms with Gasteiger partial charge in [0.15, 0.2) is 0 Å². The molecule has 1 N–H and O–H groups in total. The fraction of sp³-hybridized carbons (Fsp3) is 0.0556. The van der Waals surface area contributed by atoms with Crippen LogP contribution in [0.4, 0.5) is 5.69 Å². The molecule has 0 aliphatic heterocycles.